The molecule has 6 heteroatoms. The molecule has 0 aliphatic rings. The molecule has 1 aromatic carbocycles. The highest BCUT2D eigenvalue weighted by molar-refractivity contribution is 5.77. The van der Waals surface area contributed by atoms with Crippen molar-refractivity contribution >= 4 is 17.3 Å². The number of carbonyl (C=O) groups excluding carboxylic acids is 1. The van der Waals surface area contributed by atoms with Crippen molar-refractivity contribution in [1.82, 2.24) is 0 Å². The van der Waals surface area contributed by atoms with Gasteiger partial charge >= 0.3 is 5.97 Å². The Labute approximate surface area is 105 Å². The van der Waals surface area contributed by atoms with Gasteiger partial charge in [0.25, 0.3) is 5.69 Å². The molecule has 0 heterocycles. The predicted molar refractivity (Wildman–Crippen MR) is 67.6 cm³/mol. The van der Waals surface area contributed by atoms with E-state index in [1.54, 1.807) is 30.0 Å². The molecule has 0 atom stereocenters. The first-order valence-corrected chi connectivity index (χ1v) is 5.74. The summed E-state index contributed by atoms with van der Waals surface area (Å²) in [7, 11) is 0. The number of hydrogen-bond donors (Lipinski definition) is 0. The van der Waals surface area contributed by atoms with E-state index in [2.05, 4.69) is 0 Å². The molecule has 1 aromatic rings. The highest BCUT2D eigenvalue weighted by Gasteiger charge is 2.19. The number of nitrogens with zero attached hydrogens (tertiary/aromatic N) is 2. The number of hydrogen-bond acceptors (Lipinski definition) is 5. The van der Waals surface area contributed by atoms with Gasteiger partial charge in [0.05, 0.1) is 11.5 Å². The number of nitro benzene ring substituents is 1. The Morgan fingerprint density at radius 3 is 2.61 bits per heavy atom. The van der Waals surface area contributed by atoms with Gasteiger partial charge in [-0.15, -0.1) is 0 Å². The average molecular weight is 252 g/mol. The fourth-order valence-corrected chi connectivity index (χ4v) is 1.62. The maximum absolute atomic E-state index is 11.4. The third kappa shape index (κ3) is 3.44. The minimum absolute atomic E-state index is 0.00912. The first-order chi connectivity index (χ1) is 8.60. The average Bonchev–Trinajstić information content (AvgIpc) is 2.36. The summed E-state index contributed by atoms with van der Waals surface area (Å²) in [5, 5.41) is 10.9. The third-order valence-corrected chi connectivity index (χ3v) is 2.43. The van der Waals surface area contributed by atoms with E-state index < -0.39 is 10.9 Å². The van der Waals surface area contributed by atoms with E-state index in [1.165, 1.54) is 6.07 Å². The second-order valence-corrected chi connectivity index (χ2v) is 3.57. The summed E-state index contributed by atoms with van der Waals surface area (Å²) in [4.78, 5) is 23.5. The summed E-state index contributed by atoms with van der Waals surface area (Å²) in [5.74, 6) is -0.391. The fourth-order valence-electron chi connectivity index (χ4n) is 1.62. The first kappa shape index (κ1) is 14.0. The van der Waals surface area contributed by atoms with Crippen LogP contribution in [0.25, 0.3) is 0 Å². The van der Waals surface area contributed by atoms with Crippen LogP contribution in [0, 0.1) is 10.1 Å². The lowest BCUT2D eigenvalue weighted by atomic mass is 10.2. The Hall–Kier alpha value is -2.11. The molecule has 0 bridgehead atoms. The molecule has 98 valence electrons. The Kier molecular flexibility index (Phi) is 5.10. The van der Waals surface area contributed by atoms with Gasteiger partial charge in [-0.1, -0.05) is 12.1 Å². The van der Waals surface area contributed by atoms with E-state index in [0.29, 0.717) is 18.8 Å². The van der Waals surface area contributed by atoms with Gasteiger partial charge in [0.1, 0.15) is 12.2 Å². The number of anilines is 1. The molecule has 0 saturated carbocycles. The van der Waals surface area contributed by atoms with Crippen molar-refractivity contribution in [3.05, 3.63) is 34.4 Å². The van der Waals surface area contributed by atoms with Crippen molar-refractivity contribution in [1.29, 1.82) is 0 Å². The van der Waals surface area contributed by atoms with Crippen LogP contribution in [-0.2, 0) is 9.53 Å². The fraction of sp³-hybridized carbons (Fsp3) is 0.417. The van der Waals surface area contributed by atoms with E-state index in [-0.39, 0.29) is 12.2 Å². The van der Waals surface area contributed by atoms with Gasteiger partial charge in [0.2, 0.25) is 0 Å². The molecule has 0 amide bonds. The van der Waals surface area contributed by atoms with Gasteiger partial charge in [-0.25, -0.2) is 0 Å². The maximum Gasteiger partial charge on any atom is 0.325 e. The van der Waals surface area contributed by atoms with Crippen LogP contribution in [0.1, 0.15) is 13.8 Å². The van der Waals surface area contributed by atoms with Crippen LogP contribution in [-0.4, -0.2) is 30.6 Å². The van der Waals surface area contributed by atoms with Gasteiger partial charge < -0.3 is 9.64 Å². The number of rotatable bonds is 6. The lowest BCUT2D eigenvalue weighted by molar-refractivity contribution is -0.384. The largest absolute Gasteiger partial charge is 0.465 e. The monoisotopic (exact) mass is 252 g/mol. The molecular formula is C12H16N2O4. The number of benzene rings is 1. The van der Waals surface area contributed by atoms with Crippen molar-refractivity contribution in [2.75, 3.05) is 24.6 Å². The summed E-state index contributed by atoms with van der Waals surface area (Å²) in [6.45, 7) is 4.35. The highest BCUT2D eigenvalue weighted by Crippen LogP contribution is 2.27. The quantitative estimate of drug-likeness (QED) is 0.439. The van der Waals surface area contributed by atoms with E-state index in [1.807, 2.05) is 6.92 Å². The number of para-hydroxylation sites is 2. The van der Waals surface area contributed by atoms with E-state index >= 15 is 0 Å². The molecule has 0 aromatic heterocycles. The minimum Gasteiger partial charge on any atom is -0.465 e. The van der Waals surface area contributed by atoms with E-state index in [0.717, 1.165) is 0 Å². The summed E-state index contributed by atoms with van der Waals surface area (Å²) in [6.07, 6.45) is 0. The van der Waals surface area contributed by atoms with Crippen LogP contribution in [0.15, 0.2) is 24.3 Å². The number of carbonyl (C=O) groups is 1. The summed E-state index contributed by atoms with van der Waals surface area (Å²) in [6, 6.07) is 6.35. The zero-order valence-electron chi connectivity index (χ0n) is 10.5. The number of ether oxygens (including phenoxy) is 1. The van der Waals surface area contributed by atoms with Crippen LogP contribution in [0.4, 0.5) is 11.4 Å². The second kappa shape index (κ2) is 6.58. The molecule has 0 spiro atoms. The molecule has 0 aliphatic carbocycles. The first-order valence-electron chi connectivity index (χ1n) is 5.74. The molecule has 0 N–H and O–H groups in total. The number of likely N-dealkylation sites (N-methyl/N-ethyl adjacent to an activating group) is 1. The molecule has 0 saturated heterocycles. The van der Waals surface area contributed by atoms with Gasteiger partial charge in [0, 0.05) is 12.6 Å². The zero-order valence-corrected chi connectivity index (χ0v) is 10.5. The topological polar surface area (TPSA) is 72.7 Å². The van der Waals surface area contributed by atoms with Crippen LogP contribution in [0.5, 0.6) is 0 Å². The molecule has 18 heavy (non-hydrogen) atoms. The second-order valence-electron chi connectivity index (χ2n) is 3.57. The maximum atomic E-state index is 11.4. The molecular weight excluding hydrogens is 236 g/mol. The van der Waals surface area contributed by atoms with Crippen molar-refractivity contribution in [3.63, 3.8) is 0 Å². The lowest BCUT2D eigenvalue weighted by Gasteiger charge is -2.21. The molecule has 0 aliphatic heterocycles. The SMILES string of the molecule is CCOC(=O)CN(CC)c1ccccc1[N+](=O)[O-]. The molecule has 0 fully saturated rings. The minimum atomic E-state index is -0.455. The summed E-state index contributed by atoms with van der Waals surface area (Å²) < 4.78 is 4.85. The smallest absolute Gasteiger partial charge is 0.325 e. The van der Waals surface area contributed by atoms with Gasteiger partial charge in [0.15, 0.2) is 0 Å². The third-order valence-electron chi connectivity index (χ3n) is 2.43. The zero-order chi connectivity index (χ0) is 13.5. The standard InChI is InChI=1S/C12H16N2O4/c1-3-13(9-12(15)18-4-2)10-7-5-6-8-11(10)14(16)17/h5-8H,3-4,9H2,1-2H3. The Bertz CT molecular complexity index is 434. The van der Waals surface area contributed by atoms with Crippen LogP contribution >= 0.6 is 0 Å². The van der Waals surface area contributed by atoms with Crippen LogP contribution in [0.2, 0.25) is 0 Å². The Morgan fingerprint density at radius 2 is 2.06 bits per heavy atom. The summed E-state index contributed by atoms with van der Waals surface area (Å²) in [5.41, 5.74) is 0.418. The van der Waals surface area contributed by atoms with Gasteiger partial charge in [-0.05, 0) is 19.9 Å². The van der Waals surface area contributed by atoms with Crippen molar-refractivity contribution < 1.29 is 14.5 Å². The summed E-state index contributed by atoms with van der Waals surface area (Å²) >= 11 is 0. The number of esters is 1. The number of nitro groups is 1. The van der Waals surface area contributed by atoms with Crippen LogP contribution in [0.3, 0.4) is 0 Å². The Morgan fingerprint density at radius 1 is 1.39 bits per heavy atom. The van der Waals surface area contributed by atoms with E-state index in [9.17, 15) is 14.9 Å². The van der Waals surface area contributed by atoms with Gasteiger partial charge in [-0.3, -0.25) is 14.9 Å². The lowest BCUT2D eigenvalue weighted by Crippen LogP contribution is -2.31. The Balaban J connectivity index is 2.94. The highest BCUT2D eigenvalue weighted by atomic mass is 16.6. The molecule has 6 nitrogen and oxygen atoms in total. The van der Waals surface area contributed by atoms with Gasteiger partial charge in [-0.2, -0.15) is 0 Å². The normalized spacial score (nSPS) is 9.89. The molecule has 0 radical (unpaired) electrons. The predicted octanol–water partition coefficient (Wildman–Crippen LogP) is 1.98. The van der Waals surface area contributed by atoms with Crippen molar-refractivity contribution in [2.45, 2.75) is 13.8 Å². The molecule has 0 unspecified atom stereocenters. The molecule has 1 rings (SSSR count). The van der Waals surface area contributed by atoms with Crippen molar-refractivity contribution in [3.8, 4) is 0 Å². The van der Waals surface area contributed by atoms with Crippen molar-refractivity contribution in [2.24, 2.45) is 0 Å². The van der Waals surface area contributed by atoms with E-state index in [4.69, 9.17) is 4.74 Å². The van der Waals surface area contributed by atoms with Crippen LogP contribution < -0.4 is 4.90 Å².